The summed E-state index contributed by atoms with van der Waals surface area (Å²) in [7, 11) is 0. The highest BCUT2D eigenvalue weighted by atomic mass is 35.5. The number of hydrogen-bond donors (Lipinski definition) is 3. The third-order valence-electron chi connectivity index (χ3n) is 5.14. The van der Waals surface area contributed by atoms with Gasteiger partial charge in [-0.2, -0.15) is 5.10 Å². The average molecular weight is 483 g/mol. The topological polar surface area (TPSA) is 96.3 Å². The van der Waals surface area contributed by atoms with Crippen LogP contribution in [0.3, 0.4) is 0 Å². The third-order valence-corrected chi connectivity index (χ3v) is 6.66. The van der Waals surface area contributed by atoms with Crippen molar-refractivity contribution < 1.29 is 14.7 Å². The first kappa shape index (κ1) is 22.8. The first-order valence-electron chi connectivity index (χ1n) is 10.5. The number of phenolic OH excluding ortho intramolecular Hbond substituents is 1. The van der Waals surface area contributed by atoms with Gasteiger partial charge in [0, 0.05) is 29.1 Å². The van der Waals surface area contributed by atoms with Gasteiger partial charge in [0.15, 0.2) is 0 Å². The number of aromatic nitrogens is 2. The van der Waals surface area contributed by atoms with Crippen molar-refractivity contribution in [2.45, 2.75) is 19.9 Å². The lowest BCUT2D eigenvalue weighted by Crippen LogP contribution is -2.29. The maximum absolute atomic E-state index is 12.6. The zero-order valence-electron chi connectivity index (χ0n) is 18.0. The average Bonchev–Trinajstić information content (AvgIpc) is 3.36. The summed E-state index contributed by atoms with van der Waals surface area (Å²) in [5, 5.41) is 21.4. The van der Waals surface area contributed by atoms with Crippen LogP contribution in [0, 0.1) is 6.92 Å². The van der Waals surface area contributed by atoms with E-state index in [1.54, 1.807) is 12.1 Å². The Morgan fingerprint density at radius 1 is 1.06 bits per heavy atom. The normalized spacial score (nSPS) is 11.0. The predicted molar refractivity (Wildman–Crippen MR) is 130 cm³/mol. The molecule has 0 saturated heterocycles. The van der Waals surface area contributed by atoms with E-state index in [4.69, 9.17) is 11.6 Å². The van der Waals surface area contributed by atoms with Crippen molar-refractivity contribution in [3.8, 4) is 5.75 Å². The minimum atomic E-state index is -0.264. The fourth-order valence-corrected chi connectivity index (χ4v) is 4.72. The number of benzene rings is 2. The van der Waals surface area contributed by atoms with Gasteiger partial charge in [0.25, 0.3) is 11.8 Å². The summed E-state index contributed by atoms with van der Waals surface area (Å²) >= 11 is 7.69. The van der Waals surface area contributed by atoms with Crippen LogP contribution >= 0.6 is 22.9 Å². The molecular weight excluding hydrogens is 460 g/mol. The molecule has 0 aliphatic carbocycles. The van der Waals surface area contributed by atoms with Crippen LogP contribution in [-0.4, -0.2) is 39.8 Å². The quantitative estimate of drug-likeness (QED) is 0.325. The fraction of sp³-hybridized carbons (Fsp3) is 0.208. The largest absolute Gasteiger partial charge is 0.508 e. The van der Waals surface area contributed by atoms with Gasteiger partial charge in [-0.15, -0.1) is 11.3 Å². The van der Waals surface area contributed by atoms with Crippen LogP contribution in [0.1, 0.15) is 37.7 Å². The van der Waals surface area contributed by atoms with Gasteiger partial charge in [0.1, 0.15) is 10.6 Å². The molecule has 7 nitrogen and oxygen atoms in total. The van der Waals surface area contributed by atoms with Gasteiger partial charge >= 0.3 is 0 Å². The lowest BCUT2D eigenvalue weighted by molar-refractivity contribution is 0.0952. The molecule has 0 radical (unpaired) electrons. The zero-order chi connectivity index (χ0) is 23.4. The highest BCUT2D eigenvalue weighted by Crippen LogP contribution is 2.29. The van der Waals surface area contributed by atoms with Crippen molar-refractivity contribution in [1.29, 1.82) is 0 Å². The smallest absolute Gasteiger partial charge is 0.261 e. The first-order chi connectivity index (χ1) is 15.9. The molecule has 2 heterocycles. The Morgan fingerprint density at radius 2 is 1.82 bits per heavy atom. The molecule has 0 bridgehead atoms. The molecule has 9 heteroatoms. The van der Waals surface area contributed by atoms with E-state index in [9.17, 15) is 14.7 Å². The van der Waals surface area contributed by atoms with Crippen LogP contribution in [0.15, 0.2) is 54.6 Å². The number of nitrogens with one attached hydrogen (secondary N) is 2. The molecule has 33 heavy (non-hydrogen) atoms. The molecule has 0 spiro atoms. The van der Waals surface area contributed by atoms with Gasteiger partial charge < -0.3 is 15.7 Å². The summed E-state index contributed by atoms with van der Waals surface area (Å²) in [4.78, 5) is 26.3. The molecule has 0 unspecified atom stereocenters. The zero-order valence-corrected chi connectivity index (χ0v) is 19.5. The number of hydrogen-bond acceptors (Lipinski definition) is 5. The van der Waals surface area contributed by atoms with Crippen LogP contribution in [0.2, 0.25) is 5.02 Å². The SMILES string of the molecule is Cc1nn(Cc2ccccc2Cl)c2sc(C(=O)NCCCNC(=O)c3cccc(O)c3)cc12. The molecule has 4 aromatic rings. The molecule has 4 rings (SSSR count). The van der Waals surface area contributed by atoms with Crippen molar-refractivity contribution in [3.63, 3.8) is 0 Å². The Balaban J connectivity index is 1.32. The minimum Gasteiger partial charge on any atom is -0.508 e. The number of amides is 2. The van der Waals surface area contributed by atoms with Gasteiger partial charge in [-0.3, -0.25) is 14.3 Å². The number of phenols is 1. The van der Waals surface area contributed by atoms with E-state index in [1.165, 1.54) is 23.5 Å². The molecule has 2 amide bonds. The van der Waals surface area contributed by atoms with Crippen molar-refractivity contribution in [3.05, 3.63) is 81.3 Å². The molecule has 2 aromatic heterocycles. The van der Waals surface area contributed by atoms with Crippen molar-refractivity contribution in [1.82, 2.24) is 20.4 Å². The second-order valence-electron chi connectivity index (χ2n) is 7.58. The highest BCUT2D eigenvalue weighted by Gasteiger charge is 2.17. The second kappa shape index (κ2) is 10.1. The number of thiophene rings is 1. The molecule has 0 fully saturated rings. The van der Waals surface area contributed by atoms with Crippen molar-refractivity contribution in [2.75, 3.05) is 13.1 Å². The van der Waals surface area contributed by atoms with E-state index >= 15 is 0 Å². The maximum atomic E-state index is 12.6. The van der Waals surface area contributed by atoms with E-state index in [0.29, 0.717) is 41.5 Å². The molecule has 0 aliphatic rings. The Labute approximate surface area is 200 Å². The number of fused-ring (bicyclic) bond motifs is 1. The van der Waals surface area contributed by atoms with Crippen LogP contribution in [0.4, 0.5) is 0 Å². The number of aryl methyl sites for hydroxylation is 1. The van der Waals surface area contributed by atoms with Gasteiger partial charge in [0.05, 0.1) is 17.1 Å². The molecule has 0 saturated carbocycles. The van der Waals surface area contributed by atoms with Crippen molar-refractivity contribution >= 4 is 45.0 Å². The van der Waals surface area contributed by atoms with Gasteiger partial charge in [-0.1, -0.05) is 35.9 Å². The third kappa shape index (κ3) is 5.35. The van der Waals surface area contributed by atoms with Gasteiger partial charge in [-0.05, 0) is 49.2 Å². The van der Waals surface area contributed by atoms with Crippen LogP contribution < -0.4 is 10.6 Å². The Morgan fingerprint density at radius 3 is 2.58 bits per heavy atom. The summed E-state index contributed by atoms with van der Waals surface area (Å²) in [5.74, 6) is -0.372. The Bertz CT molecular complexity index is 1310. The predicted octanol–water partition coefficient (Wildman–Crippen LogP) is 4.36. The van der Waals surface area contributed by atoms with Crippen LogP contribution in [-0.2, 0) is 6.54 Å². The molecule has 2 aromatic carbocycles. The standard InChI is InChI=1S/C24H23ClN4O3S/c1-15-19-13-21(33-24(19)29(28-15)14-17-6-2-3-9-20(17)25)23(32)27-11-5-10-26-22(31)16-7-4-8-18(30)12-16/h2-4,6-9,12-13,30H,5,10-11,14H2,1H3,(H,26,31)(H,27,32). The van der Waals surface area contributed by atoms with E-state index < -0.39 is 0 Å². The van der Waals surface area contributed by atoms with Crippen LogP contribution in [0.5, 0.6) is 5.75 Å². The number of carbonyl (C=O) groups excluding carboxylic acids is 2. The highest BCUT2D eigenvalue weighted by molar-refractivity contribution is 7.20. The molecule has 170 valence electrons. The van der Waals surface area contributed by atoms with E-state index in [2.05, 4.69) is 15.7 Å². The first-order valence-corrected chi connectivity index (χ1v) is 11.7. The lowest BCUT2D eigenvalue weighted by Gasteiger charge is -2.07. The molecule has 0 atom stereocenters. The molecule has 0 aliphatic heterocycles. The lowest BCUT2D eigenvalue weighted by atomic mass is 10.2. The summed E-state index contributed by atoms with van der Waals surface area (Å²) < 4.78 is 1.88. The minimum absolute atomic E-state index is 0.0449. The maximum Gasteiger partial charge on any atom is 0.261 e. The van der Waals surface area contributed by atoms with E-state index in [1.807, 2.05) is 41.9 Å². The summed E-state index contributed by atoms with van der Waals surface area (Å²) in [5.41, 5.74) is 2.23. The monoisotopic (exact) mass is 482 g/mol. The van der Waals surface area contributed by atoms with Gasteiger partial charge in [0.2, 0.25) is 0 Å². The number of carbonyl (C=O) groups is 2. The summed E-state index contributed by atoms with van der Waals surface area (Å²) in [6.07, 6.45) is 0.584. The number of aromatic hydroxyl groups is 1. The number of halogens is 1. The van der Waals surface area contributed by atoms with Crippen LogP contribution in [0.25, 0.3) is 10.2 Å². The molecule has 3 N–H and O–H groups in total. The van der Waals surface area contributed by atoms with Crippen molar-refractivity contribution in [2.24, 2.45) is 0 Å². The summed E-state index contributed by atoms with van der Waals surface area (Å²) in [6.45, 7) is 3.30. The Kier molecular flexibility index (Phi) is 6.96. The van der Waals surface area contributed by atoms with E-state index in [0.717, 1.165) is 21.5 Å². The number of nitrogens with zero attached hydrogens (tertiary/aromatic N) is 2. The Hall–Kier alpha value is -3.36. The van der Waals surface area contributed by atoms with Gasteiger partial charge in [-0.25, -0.2) is 0 Å². The number of rotatable bonds is 8. The summed E-state index contributed by atoms with van der Waals surface area (Å²) in [6, 6.07) is 15.7. The second-order valence-corrected chi connectivity index (χ2v) is 9.02. The van der Waals surface area contributed by atoms with E-state index in [-0.39, 0.29) is 17.6 Å². The molecular formula is C24H23ClN4O3S. The fourth-order valence-electron chi connectivity index (χ4n) is 3.45.